The number of oxime groups is 1. The summed E-state index contributed by atoms with van der Waals surface area (Å²) < 4.78 is 5.64. The molecule has 86 valence electrons. The van der Waals surface area contributed by atoms with Crippen molar-refractivity contribution >= 4 is 6.21 Å². The summed E-state index contributed by atoms with van der Waals surface area (Å²) in [5, 5.41) is 11.4. The normalized spacial score (nSPS) is 10.6. The van der Waals surface area contributed by atoms with Gasteiger partial charge in [0.1, 0.15) is 12.4 Å². The second-order valence-electron chi connectivity index (χ2n) is 3.59. The van der Waals surface area contributed by atoms with E-state index in [9.17, 15) is 0 Å². The second kappa shape index (κ2) is 5.70. The molecule has 3 nitrogen and oxygen atoms in total. The molecule has 0 unspecified atom stereocenters. The number of hydrogen-bond acceptors (Lipinski definition) is 3. The first kappa shape index (κ1) is 11.2. The lowest BCUT2D eigenvalue weighted by Gasteiger charge is -2.06. The van der Waals surface area contributed by atoms with Crippen LogP contribution in [0.25, 0.3) is 0 Å². The fourth-order valence-electron chi connectivity index (χ4n) is 1.49. The average Bonchev–Trinajstić information content (AvgIpc) is 2.39. The molecule has 0 heterocycles. The van der Waals surface area contributed by atoms with Crippen LogP contribution >= 0.6 is 0 Å². The van der Waals surface area contributed by atoms with Gasteiger partial charge in [0.05, 0.1) is 6.21 Å². The molecule has 0 bridgehead atoms. The van der Waals surface area contributed by atoms with Crippen molar-refractivity contribution < 1.29 is 9.94 Å². The molecule has 0 amide bonds. The van der Waals surface area contributed by atoms with Crippen molar-refractivity contribution in [1.82, 2.24) is 0 Å². The monoisotopic (exact) mass is 227 g/mol. The Bertz CT molecular complexity index is 495. The van der Waals surface area contributed by atoms with E-state index in [1.807, 2.05) is 54.6 Å². The predicted molar refractivity (Wildman–Crippen MR) is 66.6 cm³/mol. The van der Waals surface area contributed by atoms with E-state index < -0.39 is 0 Å². The van der Waals surface area contributed by atoms with Crippen molar-refractivity contribution in [2.75, 3.05) is 0 Å². The third-order valence-electron chi connectivity index (χ3n) is 2.31. The summed E-state index contributed by atoms with van der Waals surface area (Å²) in [4.78, 5) is 0. The molecular formula is C14H13NO2. The third-order valence-corrected chi connectivity index (χ3v) is 2.31. The lowest BCUT2D eigenvalue weighted by atomic mass is 10.2. The quantitative estimate of drug-likeness (QED) is 0.495. The van der Waals surface area contributed by atoms with Crippen molar-refractivity contribution in [3.05, 3.63) is 65.7 Å². The van der Waals surface area contributed by atoms with Crippen molar-refractivity contribution in [2.45, 2.75) is 6.61 Å². The van der Waals surface area contributed by atoms with Gasteiger partial charge in [-0.1, -0.05) is 47.6 Å². The average molecular weight is 227 g/mol. The van der Waals surface area contributed by atoms with Gasteiger partial charge >= 0.3 is 0 Å². The molecule has 2 aromatic rings. The molecule has 0 aromatic heterocycles. The topological polar surface area (TPSA) is 41.8 Å². The summed E-state index contributed by atoms with van der Waals surface area (Å²) in [7, 11) is 0. The number of benzene rings is 2. The van der Waals surface area contributed by atoms with Crippen LogP contribution in [0, 0.1) is 0 Å². The van der Waals surface area contributed by atoms with Crippen LogP contribution in [0.4, 0.5) is 0 Å². The maximum atomic E-state index is 8.45. The zero-order valence-corrected chi connectivity index (χ0v) is 9.28. The Balaban J connectivity index is 2.02. The minimum Gasteiger partial charge on any atom is -0.489 e. The van der Waals surface area contributed by atoms with Crippen LogP contribution < -0.4 is 4.74 Å². The van der Waals surface area contributed by atoms with Crippen LogP contribution in [0.1, 0.15) is 11.1 Å². The molecule has 0 aliphatic carbocycles. The molecule has 3 heteroatoms. The van der Waals surface area contributed by atoms with E-state index in [-0.39, 0.29) is 0 Å². The highest BCUT2D eigenvalue weighted by molar-refractivity contribution is 5.79. The smallest absolute Gasteiger partial charge is 0.120 e. The number of ether oxygens (including phenoxy) is 1. The van der Waals surface area contributed by atoms with Crippen molar-refractivity contribution in [2.24, 2.45) is 5.16 Å². The molecule has 0 atom stereocenters. The van der Waals surface area contributed by atoms with E-state index in [0.29, 0.717) is 6.61 Å². The third kappa shape index (κ3) is 3.34. The molecule has 0 fully saturated rings. The standard InChI is InChI=1S/C14H13NO2/c16-15-10-13-7-4-8-14(9-13)17-11-12-5-2-1-3-6-12/h1-10,16H,11H2. The molecule has 0 saturated carbocycles. The van der Waals surface area contributed by atoms with Crippen molar-refractivity contribution in [3.63, 3.8) is 0 Å². The molecule has 1 N–H and O–H groups in total. The number of hydrogen-bond donors (Lipinski definition) is 1. The van der Waals surface area contributed by atoms with E-state index in [4.69, 9.17) is 9.94 Å². The van der Waals surface area contributed by atoms with Crippen LogP contribution in [-0.4, -0.2) is 11.4 Å². The Morgan fingerprint density at radius 1 is 1.06 bits per heavy atom. The molecule has 0 aliphatic rings. The van der Waals surface area contributed by atoms with E-state index >= 15 is 0 Å². The lowest BCUT2D eigenvalue weighted by molar-refractivity contribution is 0.306. The van der Waals surface area contributed by atoms with Gasteiger partial charge in [0.15, 0.2) is 0 Å². The van der Waals surface area contributed by atoms with E-state index in [0.717, 1.165) is 16.9 Å². The largest absolute Gasteiger partial charge is 0.489 e. The van der Waals surface area contributed by atoms with Gasteiger partial charge in [-0.05, 0) is 23.3 Å². The summed E-state index contributed by atoms with van der Waals surface area (Å²) in [6.45, 7) is 0.528. The van der Waals surface area contributed by atoms with Gasteiger partial charge in [0, 0.05) is 0 Å². The zero-order valence-electron chi connectivity index (χ0n) is 9.28. The van der Waals surface area contributed by atoms with Crippen LogP contribution in [0.15, 0.2) is 59.8 Å². The first-order chi connectivity index (χ1) is 8.38. The van der Waals surface area contributed by atoms with Gasteiger partial charge in [-0.25, -0.2) is 0 Å². The van der Waals surface area contributed by atoms with Gasteiger partial charge in [-0.15, -0.1) is 0 Å². The maximum absolute atomic E-state index is 8.45. The SMILES string of the molecule is ON=Cc1cccc(OCc2ccccc2)c1. The van der Waals surface area contributed by atoms with Crippen molar-refractivity contribution in [3.8, 4) is 5.75 Å². The van der Waals surface area contributed by atoms with Gasteiger partial charge < -0.3 is 9.94 Å². The fourth-order valence-corrected chi connectivity index (χ4v) is 1.49. The van der Waals surface area contributed by atoms with Crippen LogP contribution in [0.5, 0.6) is 5.75 Å². The number of rotatable bonds is 4. The summed E-state index contributed by atoms with van der Waals surface area (Å²) in [6, 6.07) is 17.4. The fraction of sp³-hybridized carbons (Fsp3) is 0.0714. The second-order valence-corrected chi connectivity index (χ2v) is 3.59. The Hall–Kier alpha value is -2.29. The molecule has 2 aromatic carbocycles. The summed E-state index contributed by atoms with van der Waals surface area (Å²) in [6.07, 6.45) is 1.37. The Morgan fingerprint density at radius 3 is 2.65 bits per heavy atom. The van der Waals surface area contributed by atoms with E-state index in [1.54, 1.807) is 0 Å². The van der Waals surface area contributed by atoms with Gasteiger partial charge in [-0.3, -0.25) is 0 Å². The summed E-state index contributed by atoms with van der Waals surface area (Å²) in [5.74, 6) is 0.756. The van der Waals surface area contributed by atoms with Crippen LogP contribution in [0.3, 0.4) is 0 Å². The molecule has 0 saturated heterocycles. The zero-order chi connectivity index (χ0) is 11.9. The highest BCUT2D eigenvalue weighted by atomic mass is 16.5. The first-order valence-corrected chi connectivity index (χ1v) is 5.33. The molecule has 0 aliphatic heterocycles. The minimum absolute atomic E-state index is 0.528. The van der Waals surface area contributed by atoms with Crippen LogP contribution in [0.2, 0.25) is 0 Å². The maximum Gasteiger partial charge on any atom is 0.120 e. The molecule has 2 rings (SSSR count). The highest BCUT2D eigenvalue weighted by Crippen LogP contribution is 2.14. The van der Waals surface area contributed by atoms with Crippen molar-refractivity contribution in [1.29, 1.82) is 0 Å². The lowest BCUT2D eigenvalue weighted by Crippen LogP contribution is -1.95. The Labute approximate surface area is 100.0 Å². The highest BCUT2D eigenvalue weighted by Gasteiger charge is 1.96. The summed E-state index contributed by atoms with van der Waals surface area (Å²) >= 11 is 0. The van der Waals surface area contributed by atoms with E-state index in [2.05, 4.69) is 5.16 Å². The van der Waals surface area contributed by atoms with Crippen LogP contribution in [-0.2, 0) is 6.61 Å². The number of nitrogens with zero attached hydrogens (tertiary/aromatic N) is 1. The Morgan fingerprint density at radius 2 is 1.88 bits per heavy atom. The van der Waals surface area contributed by atoms with Gasteiger partial charge in [-0.2, -0.15) is 0 Å². The first-order valence-electron chi connectivity index (χ1n) is 5.33. The van der Waals surface area contributed by atoms with Gasteiger partial charge in [0.2, 0.25) is 0 Å². The minimum atomic E-state index is 0.528. The Kier molecular flexibility index (Phi) is 3.76. The van der Waals surface area contributed by atoms with Gasteiger partial charge in [0.25, 0.3) is 0 Å². The molecule has 17 heavy (non-hydrogen) atoms. The summed E-state index contributed by atoms with van der Waals surface area (Å²) in [5.41, 5.74) is 1.92. The molecular weight excluding hydrogens is 214 g/mol. The van der Waals surface area contributed by atoms with E-state index in [1.165, 1.54) is 6.21 Å². The molecule has 0 spiro atoms. The molecule has 0 radical (unpaired) electrons. The predicted octanol–water partition coefficient (Wildman–Crippen LogP) is 3.07.